The van der Waals surface area contributed by atoms with Crippen LogP contribution in [0.15, 0.2) is 18.5 Å². The van der Waals surface area contributed by atoms with Gasteiger partial charge in [-0.1, -0.05) is 6.42 Å². The van der Waals surface area contributed by atoms with Crippen LogP contribution in [0.2, 0.25) is 0 Å². The van der Waals surface area contributed by atoms with Crippen molar-refractivity contribution in [2.75, 3.05) is 20.4 Å². The summed E-state index contributed by atoms with van der Waals surface area (Å²) in [6, 6.07) is 3.76. The molecule has 7 heteroatoms. The fourth-order valence-corrected chi connectivity index (χ4v) is 2.86. The number of hydrogen-bond donors (Lipinski definition) is 2. The van der Waals surface area contributed by atoms with Gasteiger partial charge in [0.25, 0.3) is 0 Å². The van der Waals surface area contributed by atoms with Gasteiger partial charge in [-0.25, -0.2) is 9.97 Å². The highest BCUT2D eigenvalue weighted by molar-refractivity contribution is 7.45. The Morgan fingerprint density at radius 2 is 1.73 bits per heavy atom. The molecule has 0 aliphatic rings. The lowest BCUT2D eigenvalue weighted by molar-refractivity contribution is 0.355. The van der Waals surface area contributed by atoms with Crippen LogP contribution in [-0.4, -0.2) is 40.1 Å². The third kappa shape index (κ3) is 4.26. The lowest BCUT2D eigenvalue weighted by Gasteiger charge is -2.11. The second-order valence-electron chi connectivity index (χ2n) is 4.95. The van der Waals surface area contributed by atoms with Gasteiger partial charge < -0.3 is 19.3 Å². The smallest absolute Gasteiger partial charge is 0.164 e. The molecule has 1 aromatic carbocycles. The largest absolute Gasteiger partial charge is 0.493 e. The Bertz CT molecular complexity index is 622. The van der Waals surface area contributed by atoms with E-state index in [1.54, 1.807) is 20.5 Å². The number of hydrogen-bond acceptors (Lipinski definition) is 6. The molecule has 0 fully saturated rings. The second kappa shape index (κ2) is 8.22. The van der Waals surface area contributed by atoms with E-state index in [1.165, 1.54) is 0 Å². The molecule has 0 spiro atoms. The molecule has 22 heavy (non-hydrogen) atoms. The van der Waals surface area contributed by atoms with Crippen molar-refractivity contribution in [3.63, 3.8) is 0 Å². The zero-order valence-electron chi connectivity index (χ0n) is 12.8. The molecule has 1 aromatic heterocycles. The predicted molar refractivity (Wildman–Crippen MR) is 86.4 cm³/mol. The van der Waals surface area contributed by atoms with E-state index in [1.807, 2.05) is 12.1 Å². The molecule has 6 nitrogen and oxygen atoms in total. The topological polar surface area (TPSA) is 84.7 Å². The number of methoxy groups -OCH3 is 2. The fraction of sp³-hybridized carbons (Fsp3) is 0.467. The maximum Gasteiger partial charge on any atom is 0.164 e. The maximum absolute atomic E-state index is 8.89. The van der Waals surface area contributed by atoms with Crippen molar-refractivity contribution in [2.24, 2.45) is 0 Å². The van der Waals surface area contributed by atoms with Crippen molar-refractivity contribution in [1.29, 1.82) is 0 Å². The third-order valence-corrected chi connectivity index (χ3v) is 4.21. The second-order valence-corrected chi connectivity index (χ2v) is 6.14. The zero-order valence-corrected chi connectivity index (χ0v) is 13.7. The highest BCUT2D eigenvalue weighted by Gasteiger charge is 2.10. The molecule has 0 amide bonds. The van der Waals surface area contributed by atoms with E-state index in [0.29, 0.717) is 17.7 Å². The van der Waals surface area contributed by atoms with Gasteiger partial charge in [0.1, 0.15) is 6.33 Å². The average molecular weight is 324 g/mol. The first-order valence-corrected chi connectivity index (χ1v) is 8.60. The van der Waals surface area contributed by atoms with E-state index in [4.69, 9.17) is 19.3 Å². The molecule has 0 saturated carbocycles. The van der Waals surface area contributed by atoms with Gasteiger partial charge in [0.05, 0.1) is 25.4 Å². The Morgan fingerprint density at radius 1 is 1.00 bits per heavy atom. The molecule has 120 valence electrons. The van der Waals surface area contributed by atoms with Gasteiger partial charge in [-0.2, -0.15) is 0 Å². The number of aromatic nitrogens is 2. The van der Waals surface area contributed by atoms with E-state index < -0.39 is 8.38 Å². The molecule has 0 saturated heterocycles. The molecule has 0 unspecified atom stereocenters. The summed E-state index contributed by atoms with van der Waals surface area (Å²) in [6.07, 6.45) is 5.57. The van der Waals surface area contributed by atoms with Crippen molar-refractivity contribution in [1.82, 2.24) is 9.97 Å². The molecular formula is C15H21N2O4P. The van der Waals surface area contributed by atoms with Crippen LogP contribution in [0.3, 0.4) is 0 Å². The van der Waals surface area contributed by atoms with Gasteiger partial charge in [-0.3, -0.25) is 0 Å². The maximum atomic E-state index is 8.89. The Morgan fingerprint density at radius 3 is 2.41 bits per heavy atom. The summed E-state index contributed by atoms with van der Waals surface area (Å²) in [5.41, 5.74) is 1.80. The van der Waals surface area contributed by atoms with Crippen molar-refractivity contribution in [2.45, 2.75) is 25.7 Å². The first kappa shape index (κ1) is 16.9. The molecular weight excluding hydrogens is 303 g/mol. The van der Waals surface area contributed by atoms with Crippen LogP contribution >= 0.6 is 8.38 Å². The molecule has 2 aromatic rings. The molecule has 0 atom stereocenters. The van der Waals surface area contributed by atoms with Crippen molar-refractivity contribution >= 4 is 19.3 Å². The number of fused-ring (bicyclic) bond motifs is 1. The van der Waals surface area contributed by atoms with Crippen LogP contribution in [0.4, 0.5) is 0 Å². The summed E-state index contributed by atoms with van der Waals surface area (Å²) in [6.45, 7) is 0. The summed E-state index contributed by atoms with van der Waals surface area (Å²) < 4.78 is 10.6. The van der Waals surface area contributed by atoms with Crippen molar-refractivity contribution in [3.8, 4) is 11.5 Å². The predicted octanol–water partition coefficient (Wildman–Crippen LogP) is 2.66. The van der Waals surface area contributed by atoms with Gasteiger partial charge in [0, 0.05) is 17.6 Å². The summed E-state index contributed by atoms with van der Waals surface area (Å²) in [4.78, 5) is 26.4. The number of aryl methyl sites for hydroxylation is 1. The zero-order chi connectivity index (χ0) is 15.9. The summed E-state index contributed by atoms with van der Waals surface area (Å²) >= 11 is 0. The van der Waals surface area contributed by atoms with E-state index in [0.717, 1.165) is 42.3 Å². The summed E-state index contributed by atoms with van der Waals surface area (Å²) in [5.74, 6) is 1.32. The normalized spacial score (nSPS) is 11.1. The Kier molecular flexibility index (Phi) is 6.31. The first-order chi connectivity index (χ1) is 10.7. The summed E-state index contributed by atoms with van der Waals surface area (Å²) in [7, 11) is 1.44. The van der Waals surface area contributed by atoms with E-state index in [2.05, 4.69) is 9.97 Å². The van der Waals surface area contributed by atoms with E-state index in [9.17, 15) is 0 Å². The minimum Gasteiger partial charge on any atom is -0.493 e. The van der Waals surface area contributed by atoms with Crippen LogP contribution in [-0.2, 0) is 6.42 Å². The lowest BCUT2D eigenvalue weighted by Crippen LogP contribution is -1.97. The molecule has 0 bridgehead atoms. The highest BCUT2D eigenvalue weighted by Crippen LogP contribution is 2.32. The molecule has 1 heterocycles. The molecule has 0 aliphatic carbocycles. The Labute approximate surface area is 131 Å². The van der Waals surface area contributed by atoms with Gasteiger partial charge in [-0.15, -0.1) is 0 Å². The van der Waals surface area contributed by atoms with Gasteiger partial charge >= 0.3 is 0 Å². The lowest BCUT2D eigenvalue weighted by atomic mass is 10.1. The standard InChI is InChI=1S/C15H21N2O4P/c1-20-14-8-11-12(6-4-3-5-7-22(18)19)16-10-17-13(11)9-15(14)21-2/h8-10,18-19H,3-7H2,1-2H3. The highest BCUT2D eigenvalue weighted by atomic mass is 31.2. The number of unbranched alkanes of at least 4 members (excludes halogenated alkanes) is 2. The monoisotopic (exact) mass is 324 g/mol. The number of nitrogens with zero attached hydrogens (tertiary/aromatic N) is 2. The Hall–Kier alpha value is -1.49. The van der Waals surface area contributed by atoms with Crippen LogP contribution < -0.4 is 9.47 Å². The molecule has 0 radical (unpaired) electrons. The van der Waals surface area contributed by atoms with Gasteiger partial charge in [0.2, 0.25) is 0 Å². The Balaban J connectivity index is 2.12. The fourth-order valence-electron chi connectivity index (χ4n) is 2.36. The molecule has 0 aliphatic heterocycles. The van der Waals surface area contributed by atoms with E-state index >= 15 is 0 Å². The quantitative estimate of drug-likeness (QED) is 0.573. The minimum absolute atomic E-state index is 0.477. The molecule has 2 rings (SSSR count). The SMILES string of the molecule is COc1cc2ncnc(CCCCCP(O)O)c2cc1OC. The van der Waals surface area contributed by atoms with Gasteiger partial charge in [0.15, 0.2) is 19.9 Å². The van der Waals surface area contributed by atoms with Crippen LogP contribution in [0.1, 0.15) is 25.0 Å². The summed E-state index contributed by atoms with van der Waals surface area (Å²) in [5, 5.41) is 0.965. The average Bonchev–Trinajstić information content (AvgIpc) is 2.53. The number of rotatable bonds is 8. The minimum atomic E-state index is -1.77. The van der Waals surface area contributed by atoms with Crippen molar-refractivity contribution < 1.29 is 19.3 Å². The third-order valence-electron chi connectivity index (χ3n) is 3.49. The van der Waals surface area contributed by atoms with Crippen LogP contribution in [0.5, 0.6) is 11.5 Å². The first-order valence-electron chi connectivity index (χ1n) is 7.16. The van der Waals surface area contributed by atoms with Crippen LogP contribution in [0.25, 0.3) is 10.9 Å². The van der Waals surface area contributed by atoms with Crippen LogP contribution in [0, 0.1) is 0 Å². The van der Waals surface area contributed by atoms with E-state index in [-0.39, 0.29) is 0 Å². The number of ether oxygens (including phenoxy) is 2. The van der Waals surface area contributed by atoms with Gasteiger partial charge in [-0.05, 0) is 25.3 Å². The molecule has 2 N–H and O–H groups in total. The number of benzene rings is 1. The van der Waals surface area contributed by atoms with Crippen molar-refractivity contribution in [3.05, 3.63) is 24.2 Å².